The Morgan fingerprint density at radius 1 is 1.24 bits per heavy atom. The molecular weight excluding hydrogens is 284 g/mol. The molecule has 1 N–H and O–H groups in total. The molecule has 0 bridgehead atoms. The van der Waals surface area contributed by atoms with Crippen LogP contribution in [-0.2, 0) is 4.79 Å². The number of carbonyl (C=O) groups is 1. The summed E-state index contributed by atoms with van der Waals surface area (Å²) >= 11 is 5.28. The van der Waals surface area contributed by atoms with Crippen molar-refractivity contribution in [2.24, 2.45) is 0 Å². The summed E-state index contributed by atoms with van der Waals surface area (Å²) < 4.78 is 5.23. The van der Waals surface area contributed by atoms with E-state index >= 15 is 0 Å². The van der Waals surface area contributed by atoms with Crippen molar-refractivity contribution in [3.8, 4) is 0 Å². The molecule has 0 unspecified atom stereocenters. The van der Waals surface area contributed by atoms with Gasteiger partial charge in [-0.1, -0.05) is 6.07 Å². The third kappa shape index (κ3) is 2.60. The summed E-state index contributed by atoms with van der Waals surface area (Å²) in [5.41, 5.74) is 3.36. The number of aryl methyl sites for hydroxylation is 2. The predicted molar refractivity (Wildman–Crippen MR) is 85.8 cm³/mol. The highest BCUT2D eigenvalue weighted by molar-refractivity contribution is 7.80. The van der Waals surface area contributed by atoms with Crippen LogP contribution in [0.5, 0.6) is 0 Å². The number of anilines is 1. The molecule has 4 nitrogen and oxygen atoms in total. The summed E-state index contributed by atoms with van der Waals surface area (Å²) in [4.78, 5) is 14.0. The molecule has 1 aromatic carbocycles. The zero-order valence-corrected chi connectivity index (χ0v) is 12.5. The Balaban J connectivity index is 1.97. The maximum absolute atomic E-state index is 12.5. The molecule has 1 amide bonds. The number of nitrogens with zero attached hydrogens (tertiary/aromatic N) is 1. The molecule has 0 aliphatic carbocycles. The number of hydrogen-bond donors (Lipinski definition) is 1. The number of hydrogen-bond acceptors (Lipinski definition) is 3. The van der Waals surface area contributed by atoms with Crippen molar-refractivity contribution in [3.63, 3.8) is 0 Å². The Morgan fingerprint density at radius 2 is 1.95 bits per heavy atom. The summed E-state index contributed by atoms with van der Waals surface area (Å²) in [6, 6.07) is 9.49. The van der Waals surface area contributed by atoms with Crippen molar-refractivity contribution in [1.82, 2.24) is 5.32 Å². The van der Waals surface area contributed by atoms with Crippen LogP contribution in [0.25, 0.3) is 6.08 Å². The number of benzene rings is 1. The first kappa shape index (κ1) is 13.6. The number of furan rings is 1. The fourth-order valence-electron chi connectivity index (χ4n) is 2.36. The van der Waals surface area contributed by atoms with Crippen LogP contribution in [0.2, 0.25) is 0 Å². The van der Waals surface area contributed by atoms with Crippen molar-refractivity contribution in [2.75, 3.05) is 4.90 Å². The van der Waals surface area contributed by atoms with Gasteiger partial charge < -0.3 is 9.73 Å². The molecule has 21 heavy (non-hydrogen) atoms. The van der Waals surface area contributed by atoms with Crippen molar-refractivity contribution >= 4 is 35.0 Å². The monoisotopic (exact) mass is 298 g/mol. The van der Waals surface area contributed by atoms with Crippen molar-refractivity contribution in [2.45, 2.75) is 13.8 Å². The minimum atomic E-state index is -0.179. The van der Waals surface area contributed by atoms with Crippen LogP contribution in [-0.4, -0.2) is 11.0 Å². The summed E-state index contributed by atoms with van der Waals surface area (Å²) in [5, 5.41) is 3.32. The zero-order valence-electron chi connectivity index (χ0n) is 11.7. The van der Waals surface area contributed by atoms with Gasteiger partial charge in [0.1, 0.15) is 11.5 Å². The molecule has 1 aliphatic heterocycles. The lowest BCUT2D eigenvalue weighted by Gasteiger charge is -2.15. The lowest BCUT2D eigenvalue weighted by Crippen LogP contribution is -2.30. The fourth-order valence-corrected chi connectivity index (χ4v) is 2.66. The lowest BCUT2D eigenvalue weighted by atomic mass is 10.1. The van der Waals surface area contributed by atoms with Gasteiger partial charge in [0, 0.05) is 6.08 Å². The Hall–Kier alpha value is -2.40. The van der Waals surface area contributed by atoms with Crippen LogP contribution < -0.4 is 10.2 Å². The van der Waals surface area contributed by atoms with Gasteiger partial charge in [-0.25, -0.2) is 0 Å². The van der Waals surface area contributed by atoms with Crippen molar-refractivity contribution < 1.29 is 9.21 Å². The molecule has 0 spiro atoms. The third-order valence-electron chi connectivity index (χ3n) is 3.17. The minimum absolute atomic E-state index is 0.179. The van der Waals surface area contributed by atoms with Crippen LogP contribution in [0.4, 0.5) is 5.69 Å². The number of amides is 1. The first-order chi connectivity index (χ1) is 10.0. The van der Waals surface area contributed by atoms with Crippen LogP contribution in [0.3, 0.4) is 0 Å². The average Bonchev–Trinajstić information content (AvgIpc) is 2.98. The number of thiocarbonyl (C=S) groups is 1. The smallest absolute Gasteiger partial charge is 0.281 e. The molecule has 0 radical (unpaired) electrons. The fraction of sp³-hybridized carbons (Fsp3) is 0.125. The first-order valence-corrected chi connectivity index (χ1v) is 6.94. The zero-order chi connectivity index (χ0) is 15.0. The molecule has 1 fully saturated rings. The van der Waals surface area contributed by atoms with E-state index in [0.717, 1.165) is 16.8 Å². The van der Waals surface area contributed by atoms with E-state index in [0.29, 0.717) is 16.6 Å². The molecule has 1 aromatic heterocycles. The largest absolute Gasteiger partial charge is 0.465 e. The summed E-state index contributed by atoms with van der Waals surface area (Å²) in [6.07, 6.45) is 3.21. The van der Waals surface area contributed by atoms with E-state index in [4.69, 9.17) is 16.6 Å². The molecule has 3 rings (SSSR count). The van der Waals surface area contributed by atoms with Gasteiger partial charge >= 0.3 is 0 Å². The first-order valence-electron chi connectivity index (χ1n) is 6.53. The van der Waals surface area contributed by atoms with E-state index < -0.39 is 0 Å². The lowest BCUT2D eigenvalue weighted by molar-refractivity contribution is -0.113. The van der Waals surface area contributed by atoms with Gasteiger partial charge in [0.15, 0.2) is 5.11 Å². The highest BCUT2D eigenvalue weighted by Crippen LogP contribution is 2.24. The van der Waals surface area contributed by atoms with Crippen molar-refractivity contribution in [3.05, 3.63) is 59.2 Å². The molecule has 2 heterocycles. The second kappa shape index (κ2) is 5.18. The Morgan fingerprint density at radius 3 is 2.57 bits per heavy atom. The second-order valence-corrected chi connectivity index (χ2v) is 5.38. The minimum Gasteiger partial charge on any atom is -0.465 e. The topological polar surface area (TPSA) is 45.5 Å². The van der Waals surface area contributed by atoms with E-state index in [1.54, 1.807) is 24.5 Å². The van der Waals surface area contributed by atoms with Crippen LogP contribution in [0.15, 0.2) is 46.7 Å². The SMILES string of the molecule is Cc1cc(C)cc(N2C(=O)/C(=C\c3ccco3)NC2=S)c1. The number of rotatable bonds is 2. The standard InChI is InChI=1S/C16H14N2O2S/c1-10-6-11(2)8-12(7-10)18-15(19)14(17-16(18)21)9-13-4-3-5-20-13/h3-9H,1-2H3,(H,17,21)/b14-9+. The van der Waals surface area contributed by atoms with Gasteiger partial charge in [-0.05, 0) is 61.5 Å². The second-order valence-electron chi connectivity index (χ2n) is 4.99. The highest BCUT2D eigenvalue weighted by atomic mass is 32.1. The summed E-state index contributed by atoms with van der Waals surface area (Å²) in [6.45, 7) is 3.99. The molecule has 0 atom stereocenters. The quantitative estimate of drug-likeness (QED) is 0.683. The van der Waals surface area contributed by atoms with Crippen LogP contribution >= 0.6 is 12.2 Å². The predicted octanol–water partition coefficient (Wildman–Crippen LogP) is 3.16. The number of nitrogens with one attached hydrogen (secondary N) is 1. The number of carbonyl (C=O) groups excluding carboxylic acids is 1. The molecule has 5 heteroatoms. The van der Waals surface area contributed by atoms with E-state index in [1.165, 1.54) is 4.90 Å². The van der Waals surface area contributed by atoms with Gasteiger partial charge in [0.25, 0.3) is 5.91 Å². The summed E-state index contributed by atoms with van der Waals surface area (Å²) in [7, 11) is 0. The van der Waals surface area contributed by atoms with E-state index in [9.17, 15) is 4.79 Å². The molecule has 1 saturated heterocycles. The Kier molecular flexibility index (Phi) is 3.35. The van der Waals surface area contributed by atoms with E-state index in [2.05, 4.69) is 11.4 Å². The molecule has 106 valence electrons. The maximum atomic E-state index is 12.5. The van der Waals surface area contributed by atoms with Gasteiger partial charge in [0.2, 0.25) is 0 Å². The van der Waals surface area contributed by atoms with E-state index in [1.807, 2.05) is 26.0 Å². The van der Waals surface area contributed by atoms with Gasteiger partial charge in [-0.15, -0.1) is 0 Å². The highest BCUT2D eigenvalue weighted by Gasteiger charge is 2.32. The average molecular weight is 298 g/mol. The molecule has 2 aromatic rings. The summed E-state index contributed by atoms with van der Waals surface area (Å²) in [5.74, 6) is 0.428. The third-order valence-corrected chi connectivity index (χ3v) is 3.46. The molecule has 0 saturated carbocycles. The molecule has 1 aliphatic rings. The molecular formula is C16H14N2O2S. The Labute approximate surface area is 128 Å². The Bertz CT molecular complexity index is 727. The normalized spacial score (nSPS) is 16.7. The maximum Gasteiger partial charge on any atom is 0.281 e. The van der Waals surface area contributed by atoms with Crippen molar-refractivity contribution in [1.29, 1.82) is 0 Å². The van der Waals surface area contributed by atoms with Gasteiger partial charge in [-0.2, -0.15) is 0 Å². The van der Waals surface area contributed by atoms with Gasteiger partial charge in [0.05, 0.1) is 12.0 Å². The van der Waals surface area contributed by atoms with E-state index in [-0.39, 0.29) is 5.91 Å². The van der Waals surface area contributed by atoms with Gasteiger partial charge in [-0.3, -0.25) is 9.69 Å². The van der Waals surface area contributed by atoms with Crippen LogP contribution in [0.1, 0.15) is 16.9 Å². The van der Waals surface area contributed by atoms with Crippen LogP contribution in [0, 0.1) is 13.8 Å².